The average Bonchev–Trinajstić information content (AvgIpc) is 3.10. The molecular formula is C20H26ClNOS. The van der Waals surface area contributed by atoms with Crippen molar-refractivity contribution < 1.29 is 4.74 Å². The fraction of sp³-hybridized carbons (Fsp3) is 0.500. The molecule has 2 aromatic carbocycles. The highest BCUT2D eigenvalue weighted by atomic mass is 35.5. The van der Waals surface area contributed by atoms with Gasteiger partial charge in [-0.2, -0.15) is 0 Å². The minimum absolute atomic E-state index is 0. The van der Waals surface area contributed by atoms with Gasteiger partial charge in [0.2, 0.25) is 0 Å². The zero-order valence-electron chi connectivity index (χ0n) is 14.0. The molecule has 2 fully saturated rings. The van der Waals surface area contributed by atoms with Gasteiger partial charge in [-0.05, 0) is 24.3 Å². The van der Waals surface area contributed by atoms with Crippen LogP contribution in [0.4, 0.5) is 0 Å². The van der Waals surface area contributed by atoms with E-state index in [2.05, 4.69) is 59.1 Å². The molecule has 2 aliphatic rings. The lowest BCUT2D eigenvalue weighted by Crippen LogP contribution is -2.36. The van der Waals surface area contributed by atoms with Gasteiger partial charge in [-0.3, -0.25) is 4.90 Å². The molecule has 24 heavy (non-hydrogen) atoms. The Hall–Kier alpha value is -0.900. The van der Waals surface area contributed by atoms with E-state index in [9.17, 15) is 0 Å². The zero-order valence-corrected chi connectivity index (χ0v) is 15.7. The van der Waals surface area contributed by atoms with Crippen LogP contribution < -0.4 is 4.74 Å². The van der Waals surface area contributed by atoms with E-state index in [-0.39, 0.29) is 12.4 Å². The third kappa shape index (κ3) is 4.01. The van der Waals surface area contributed by atoms with Crippen LogP contribution in [0.15, 0.2) is 42.5 Å². The van der Waals surface area contributed by atoms with Gasteiger partial charge in [0.05, 0.1) is 5.25 Å². The summed E-state index contributed by atoms with van der Waals surface area (Å²) >= 11 is 2.07. The SMILES string of the molecule is Cl.c1ccc2c(OCC3CN(C4CCCCC4)CS3)cccc2c1. The fourth-order valence-corrected chi connectivity index (χ4v) is 5.05. The van der Waals surface area contributed by atoms with Gasteiger partial charge >= 0.3 is 0 Å². The first-order valence-electron chi connectivity index (χ1n) is 8.86. The Morgan fingerprint density at radius 3 is 2.67 bits per heavy atom. The van der Waals surface area contributed by atoms with E-state index in [1.165, 1.54) is 55.3 Å². The highest BCUT2D eigenvalue weighted by molar-refractivity contribution is 8.00. The Morgan fingerprint density at radius 1 is 1.00 bits per heavy atom. The monoisotopic (exact) mass is 363 g/mol. The second-order valence-electron chi connectivity index (χ2n) is 6.77. The number of thioether (sulfide) groups is 1. The van der Waals surface area contributed by atoms with Crippen molar-refractivity contribution in [2.45, 2.75) is 43.4 Å². The van der Waals surface area contributed by atoms with Crippen molar-refractivity contribution in [3.8, 4) is 5.75 Å². The number of benzene rings is 2. The lowest BCUT2D eigenvalue weighted by molar-refractivity contribution is 0.185. The van der Waals surface area contributed by atoms with Gasteiger partial charge in [-0.25, -0.2) is 0 Å². The number of nitrogens with zero attached hydrogens (tertiary/aromatic N) is 1. The molecule has 1 atom stereocenters. The molecule has 1 aliphatic carbocycles. The molecule has 2 aromatic rings. The molecule has 4 rings (SSSR count). The standard InChI is InChI=1S/C20H25NOS.ClH/c1-2-9-17(10-3-1)21-13-18(23-15-21)14-22-20-12-6-8-16-7-4-5-11-19(16)20;/h4-8,11-12,17-18H,1-3,9-10,13-15H2;1H. The molecule has 0 spiro atoms. The smallest absolute Gasteiger partial charge is 0.127 e. The van der Waals surface area contributed by atoms with Crippen molar-refractivity contribution in [3.63, 3.8) is 0 Å². The highest BCUT2D eigenvalue weighted by Gasteiger charge is 2.29. The molecule has 0 aromatic heterocycles. The second kappa shape index (κ2) is 8.46. The number of hydrogen-bond acceptors (Lipinski definition) is 3. The topological polar surface area (TPSA) is 12.5 Å². The van der Waals surface area contributed by atoms with Gasteiger partial charge in [0.25, 0.3) is 0 Å². The molecule has 0 bridgehead atoms. The molecule has 1 unspecified atom stereocenters. The highest BCUT2D eigenvalue weighted by Crippen LogP contribution is 2.32. The largest absolute Gasteiger partial charge is 0.492 e. The van der Waals surface area contributed by atoms with Crippen molar-refractivity contribution >= 4 is 34.9 Å². The molecule has 1 aliphatic heterocycles. The number of rotatable bonds is 4. The average molecular weight is 364 g/mol. The summed E-state index contributed by atoms with van der Waals surface area (Å²) in [7, 11) is 0. The van der Waals surface area contributed by atoms with Crippen molar-refractivity contribution in [2.75, 3.05) is 19.0 Å². The van der Waals surface area contributed by atoms with E-state index in [0.29, 0.717) is 5.25 Å². The number of hydrogen-bond donors (Lipinski definition) is 0. The van der Waals surface area contributed by atoms with Crippen LogP contribution in [0.2, 0.25) is 0 Å². The first kappa shape index (κ1) is 17.9. The van der Waals surface area contributed by atoms with Gasteiger partial charge in [0, 0.05) is 23.8 Å². The summed E-state index contributed by atoms with van der Waals surface area (Å²) in [6.45, 7) is 2.02. The number of ether oxygens (including phenoxy) is 1. The van der Waals surface area contributed by atoms with E-state index in [1.807, 2.05) is 0 Å². The third-order valence-corrected chi connectivity index (χ3v) is 6.42. The molecule has 1 saturated carbocycles. The number of halogens is 1. The molecule has 1 saturated heterocycles. The minimum Gasteiger partial charge on any atom is -0.492 e. The summed E-state index contributed by atoms with van der Waals surface area (Å²) in [6.07, 6.45) is 7.08. The predicted octanol–water partition coefficient (Wildman–Crippen LogP) is 5.35. The first-order valence-corrected chi connectivity index (χ1v) is 9.91. The molecule has 0 amide bonds. The van der Waals surface area contributed by atoms with Crippen molar-refractivity contribution in [1.29, 1.82) is 0 Å². The van der Waals surface area contributed by atoms with Gasteiger partial charge in [-0.15, -0.1) is 24.2 Å². The Morgan fingerprint density at radius 2 is 1.79 bits per heavy atom. The Balaban J connectivity index is 0.00000169. The van der Waals surface area contributed by atoms with E-state index in [4.69, 9.17) is 4.74 Å². The van der Waals surface area contributed by atoms with E-state index >= 15 is 0 Å². The van der Waals surface area contributed by atoms with Crippen molar-refractivity contribution in [1.82, 2.24) is 4.90 Å². The third-order valence-electron chi connectivity index (χ3n) is 5.18. The molecule has 130 valence electrons. The predicted molar refractivity (Wildman–Crippen MR) is 107 cm³/mol. The van der Waals surface area contributed by atoms with Gasteiger partial charge in [0.1, 0.15) is 12.4 Å². The van der Waals surface area contributed by atoms with Crippen LogP contribution in [0.5, 0.6) is 5.75 Å². The van der Waals surface area contributed by atoms with Gasteiger partial charge in [-0.1, -0.05) is 55.7 Å². The lowest BCUT2D eigenvalue weighted by atomic mass is 9.94. The number of fused-ring (bicyclic) bond motifs is 1. The van der Waals surface area contributed by atoms with Crippen LogP contribution in [0.25, 0.3) is 10.8 Å². The molecule has 1 heterocycles. The van der Waals surface area contributed by atoms with Gasteiger partial charge < -0.3 is 4.74 Å². The van der Waals surface area contributed by atoms with Crippen molar-refractivity contribution in [2.24, 2.45) is 0 Å². The van der Waals surface area contributed by atoms with Gasteiger partial charge in [0.15, 0.2) is 0 Å². The summed E-state index contributed by atoms with van der Waals surface area (Å²) in [5, 5.41) is 3.09. The second-order valence-corrected chi connectivity index (χ2v) is 8.03. The summed E-state index contributed by atoms with van der Waals surface area (Å²) < 4.78 is 6.19. The molecule has 0 N–H and O–H groups in total. The zero-order chi connectivity index (χ0) is 15.5. The fourth-order valence-electron chi connectivity index (χ4n) is 3.87. The maximum absolute atomic E-state index is 6.19. The Bertz CT molecular complexity index is 654. The maximum atomic E-state index is 6.19. The maximum Gasteiger partial charge on any atom is 0.127 e. The molecule has 0 radical (unpaired) electrons. The lowest BCUT2D eigenvalue weighted by Gasteiger charge is -2.30. The summed E-state index contributed by atoms with van der Waals surface area (Å²) in [5.74, 6) is 2.22. The van der Waals surface area contributed by atoms with Crippen LogP contribution >= 0.6 is 24.2 Å². The van der Waals surface area contributed by atoms with E-state index in [1.54, 1.807) is 0 Å². The van der Waals surface area contributed by atoms with Crippen LogP contribution in [0.3, 0.4) is 0 Å². The summed E-state index contributed by atoms with van der Waals surface area (Å²) in [5.41, 5.74) is 0. The quantitative estimate of drug-likeness (QED) is 0.726. The van der Waals surface area contributed by atoms with Crippen LogP contribution in [0.1, 0.15) is 32.1 Å². The Kier molecular flexibility index (Phi) is 6.31. The molecule has 4 heteroatoms. The van der Waals surface area contributed by atoms with Crippen LogP contribution in [-0.2, 0) is 0 Å². The molecule has 2 nitrogen and oxygen atoms in total. The summed E-state index contributed by atoms with van der Waals surface area (Å²) in [4.78, 5) is 2.70. The first-order chi connectivity index (χ1) is 11.4. The normalized spacial score (nSPS) is 22.4. The van der Waals surface area contributed by atoms with Crippen LogP contribution in [-0.4, -0.2) is 35.2 Å². The van der Waals surface area contributed by atoms with E-state index in [0.717, 1.165) is 18.4 Å². The van der Waals surface area contributed by atoms with Crippen molar-refractivity contribution in [3.05, 3.63) is 42.5 Å². The summed E-state index contributed by atoms with van der Waals surface area (Å²) in [6, 6.07) is 15.6. The molecular weight excluding hydrogens is 338 g/mol. The van der Waals surface area contributed by atoms with E-state index < -0.39 is 0 Å². The van der Waals surface area contributed by atoms with Crippen LogP contribution in [0, 0.1) is 0 Å². The Labute approximate surface area is 155 Å². The minimum atomic E-state index is 0.